The minimum absolute atomic E-state index is 0.0638. The smallest absolute Gasteiger partial charge is 0.221 e. The molecular formula is C12H17BrN2O. The van der Waals surface area contributed by atoms with E-state index in [2.05, 4.69) is 45.6 Å². The summed E-state index contributed by atoms with van der Waals surface area (Å²) < 4.78 is 1.07. The molecule has 0 aliphatic heterocycles. The zero-order valence-corrected chi connectivity index (χ0v) is 11.2. The predicted octanol–water partition coefficient (Wildman–Crippen LogP) is 2.24. The third-order valence-electron chi connectivity index (χ3n) is 2.43. The quantitative estimate of drug-likeness (QED) is 0.871. The van der Waals surface area contributed by atoms with Gasteiger partial charge in [0.05, 0.1) is 0 Å². The van der Waals surface area contributed by atoms with Crippen molar-refractivity contribution in [2.24, 2.45) is 0 Å². The van der Waals surface area contributed by atoms with Crippen molar-refractivity contribution in [1.29, 1.82) is 0 Å². The average molecular weight is 285 g/mol. The molecule has 4 heteroatoms. The number of nitrogens with one attached hydrogen (secondary N) is 2. The van der Waals surface area contributed by atoms with Crippen LogP contribution in [0.1, 0.15) is 24.9 Å². The highest BCUT2D eigenvalue weighted by atomic mass is 79.9. The number of rotatable bonds is 5. The lowest BCUT2D eigenvalue weighted by atomic mass is 10.1. The Labute approximate surface area is 105 Å². The summed E-state index contributed by atoms with van der Waals surface area (Å²) in [5.74, 6) is 0.0638. The molecule has 1 atom stereocenters. The lowest BCUT2D eigenvalue weighted by Crippen LogP contribution is -2.26. The van der Waals surface area contributed by atoms with Crippen molar-refractivity contribution in [3.05, 3.63) is 34.3 Å². The van der Waals surface area contributed by atoms with E-state index in [-0.39, 0.29) is 11.9 Å². The van der Waals surface area contributed by atoms with Crippen LogP contribution in [0.3, 0.4) is 0 Å². The van der Waals surface area contributed by atoms with E-state index >= 15 is 0 Å². The largest absolute Gasteiger partial charge is 0.359 e. The predicted molar refractivity (Wildman–Crippen MR) is 69.2 cm³/mol. The summed E-state index contributed by atoms with van der Waals surface area (Å²) in [7, 11) is 1.65. The van der Waals surface area contributed by atoms with Crippen LogP contribution in [0.5, 0.6) is 0 Å². The molecule has 0 bridgehead atoms. The lowest BCUT2D eigenvalue weighted by molar-refractivity contribution is -0.120. The fourth-order valence-corrected chi connectivity index (χ4v) is 1.84. The highest BCUT2D eigenvalue weighted by Crippen LogP contribution is 2.17. The maximum absolute atomic E-state index is 11.0. The van der Waals surface area contributed by atoms with Crippen LogP contribution in [-0.2, 0) is 4.79 Å². The fourth-order valence-electron chi connectivity index (χ4n) is 1.42. The van der Waals surface area contributed by atoms with Crippen molar-refractivity contribution >= 4 is 21.8 Å². The Balaban J connectivity index is 2.40. The number of carbonyl (C=O) groups excluding carboxylic acids is 1. The highest BCUT2D eigenvalue weighted by Gasteiger charge is 2.05. The molecule has 0 aliphatic rings. The van der Waals surface area contributed by atoms with Gasteiger partial charge in [0.25, 0.3) is 0 Å². The molecule has 1 aromatic carbocycles. The van der Waals surface area contributed by atoms with E-state index in [0.717, 1.165) is 4.47 Å². The number of amides is 1. The van der Waals surface area contributed by atoms with Gasteiger partial charge >= 0.3 is 0 Å². The minimum atomic E-state index is 0.0638. The van der Waals surface area contributed by atoms with Crippen LogP contribution in [0, 0.1) is 0 Å². The first-order valence-corrected chi connectivity index (χ1v) is 6.12. The molecule has 1 amide bonds. The number of benzene rings is 1. The topological polar surface area (TPSA) is 41.1 Å². The van der Waals surface area contributed by atoms with Crippen LogP contribution in [0.4, 0.5) is 0 Å². The van der Waals surface area contributed by atoms with Crippen molar-refractivity contribution in [1.82, 2.24) is 10.6 Å². The summed E-state index contributed by atoms with van der Waals surface area (Å²) in [4.78, 5) is 11.0. The Morgan fingerprint density at radius 3 is 2.88 bits per heavy atom. The third kappa shape index (κ3) is 4.33. The van der Waals surface area contributed by atoms with Gasteiger partial charge in [0, 0.05) is 30.5 Å². The zero-order chi connectivity index (χ0) is 12.0. The van der Waals surface area contributed by atoms with Crippen LogP contribution >= 0.6 is 15.9 Å². The maximum Gasteiger partial charge on any atom is 0.221 e. The van der Waals surface area contributed by atoms with E-state index in [1.165, 1.54) is 5.56 Å². The number of halogens is 1. The van der Waals surface area contributed by atoms with Gasteiger partial charge in [-0.3, -0.25) is 4.79 Å². The second kappa shape index (κ2) is 6.66. The number of hydrogen-bond donors (Lipinski definition) is 2. The van der Waals surface area contributed by atoms with E-state index in [1.54, 1.807) is 7.05 Å². The summed E-state index contributed by atoms with van der Waals surface area (Å²) in [5.41, 5.74) is 1.21. The first-order chi connectivity index (χ1) is 7.63. The Hall–Kier alpha value is -0.870. The molecule has 0 aliphatic carbocycles. The Kier molecular flexibility index (Phi) is 5.49. The number of carbonyl (C=O) groups is 1. The van der Waals surface area contributed by atoms with Gasteiger partial charge < -0.3 is 10.6 Å². The fraction of sp³-hybridized carbons (Fsp3) is 0.417. The maximum atomic E-state index is 11.0. The highest BCUT2D eigenvalue weighted by molar-refractivity contribution is 9.10. The van der Waals surface area contributed by atoms with E-state index in [4.69, 9.17) is 0 Å². The molecular weight excluding hydrogens is 268 g/mol. The molecule has 0 radical (unpaired) electrons. The molecule has 0 spiro atoms. The van der Waals surface area contributed by atoms with Gasteiger partial charge in [0.1, 0.15) is 0 Å². The van der Waals surface area contributed by atoms with E-state index < -0.39 is 0 Å². The SMILES string of the molecule is CNC(=O)CCNC(C)c1cccc(Br)c1. The zero-order valence-electron chi connectivity index (χ0n) is 9.59. The first-order valence-electron chi connectivity index (χ1n) is 5.33. The molecule has 0 saturated heterocycles. The van der Waals surface area contributed by atoms with Gasteiger partial charge in [-0.2, -0.15) is 0 Å². The molecule has 88 valence electrons. The second-order valence-corrected chi connectivity index (χ2v) is 4.57. The third-order valence-corrected chi connectivity index (χ3v) is 2.92. The van der Waals surface area contributed by atoms with Crippen molar-refractivity contribution < 1.29 is 4.79 Å². The summed E-state index contributed by atoms with van der Waals surface area (Å²) in [6.45, 7) is 2.78. The van der Waals surface area contributed by atoms with E-state index in [1.807, 2.05) is 12.1 Å². The Bertz CT molecular complexity index is 355. The summed E-state index contributed by atoms with van der Waals surface area (Å²) in [6.07, 6.45) is 0.509. The Morgan fingerprint density at radius 1 is 1.50 bits per heavy atom. The number of hydrogen-bond acceptors (Lipinski definition) is 2. The van der Waals surface area contributed by atoms with Crippen molar-refractivity contribution in [2.45, 2.75) is 19.4 Å². The summed E-state index contributed by atoms with van der Waals surface area (Å²) >= 11 is 3.44. The monoisotopic (exact) mass is 284 g/mol. The normalized spacial score (nSPS) is 12.2. The van der Waals surface area contributed by atoms with E-state index in [9.17, 15) is 4.79 Å². The van der Waals surface area contributed by atoms with Crippen molar-refractivity contribution in [3.8, 4) is 0 Å². The molecule has 1 aromatic rings. The van der Waals surface area contributed by atoms with Gasteiger partial charge in [-0.1, -0.05) is 28.1 Å². The molecule has 1 rings (SSSR count). The molecule has 0 saturated carbocycles. The molecule has 1 unspecified atom stereocenters. The van der Waals surface area contributed by atoms with Crippen LogP contribution in [0.2, 0.25) is 0 Å². The van der Waals surface area contributed by atoms with Crippen molar-refractivity contribution in [2.75, 3.05) is 13.6 Å². The van der Waals surface area contributed by atoms with Gasteiger partial charge in [-0.05, 0) is 24.6 Å². The molecule has 0 heterocycles. The average Bonchev–Trinajstić information content (AvgIpc) is 2.28. The van der Waals surface area contributed by atoms with Crippen LogP contribution in [-0.4, -0.2) is 19.5 Å². The minimum Gasteiger partial charge on any atom is -0.359 e. The Morgan fingerprint density at radius 2 is 2.25 bits per heavy atom. The van der Waals surface area contributed by atoms with Crippen LogP contribution < -0.4 is 10.6 Å². The molecule has 16 heavy (non-hydrogen) atoms. The van der Waals surface area contributed by atoms with Gasteiger partial charge in [-0.15, -0.1) is 0 Å². The van der Waals surface area contributed by atoms with E-state index in [0.29, 0.717) is 13.0 Å². The van der Waals surface area contributed by atoms with Crippen molar-refractivity contribution in [3.63, 3.8) is 0 Å². The lowest BCUT2D eigenvalue weighted by Gasteiger charge is -2.14. The molecule has 3 nitrogen and oxygen atoms in total. The summed E-state index contributed by atoms with van der Waals surface area (Å²) in [5, 5.41) is 5.91. The van der Waals surface area contributed by atoms with Gasteiger partial charge in [-0.25, -0.2) is 0 Å². The van der Waals surface area contributed by atoms with Crippen LogP contribution in [0.25, 0.3) is 0 Å². The first kappa shape index (κ1) is 13.2. The van der Waals surface area contributed by atoms with Gasteiger partial charge in [0.2, 0.25) is 5.91 Å². The standard InChI is InChI=1S/C12H17BrN2O/c1-9(15-7-6-12(16)14-2)10-4-3-5-11(13)8-10/h3-5,8-9,15H,6-7H2,1-2H3,(H,14,16). The van der Waals surface area contributed by atoms with Gasteiger partial charge in [0.15, 0.2) is 0 Å². The second-order valence-electron chi connectivity index (χ2n) is 3.65. The molecule has 0 aromatic heterocycles. The molecule has 0 fully saturated rings. The molecule has 2 N–H and O–H groups in total. The summed E-state index contributed by atoms with van der Waals surface area (Å²) in [6, 6.07) is 8.42. The van der Waals surface area contributed by atoms with Crippen LogP contribution in [0.15, 0.2) is 28.7 Å².